The second kappa shape index (κ2) is 8.81. The Morgan fingerprint density at radius 3 is 2.59 bits per heavy atom. The zero-order chi connectivity index (χ0) is 20.4. The largest absolute Gasteiger partial charge is 0.342 e. The van der Waals surface area contributed by atoms with Gasteiger partial charge in [0.15, 0.2) is 14.8 Å². The first-order chi connectivity index (χ1) is 14.0. The van der Waals surface area contributed by atoms with Crippen LogP contribution in [0.25, 0.3) is 16.0 Å². The van der Waals surface area contributed by atoms with Crippen LogP contribution in [0.4, 0.5) is 0 Å². The molecule has 1 fully saturated rings. The Labute approximate surface area is 182 Å². The molecule has 1 saturated heterocycles. The number of benzene rings is 1. The van der Waals surface area contributed by atoms with Crippen molar-refractivity contribution in [2.75, 3.05) is 18.8 Å². The second-order valence-electron chi connectivity index (χ2n) is 7.15. The zero-order valence-corrected chi connectivity index (χ0v) is 18.6. The average molecular weight is 447 g/mol. The summed E-state index contributed by atoms with van der Waals surface area (Å²) in [7, 11) is 0. The van der Waals surface area contributed by atoms with Gasteiger partial charge in [-0.1, -0.05) is 53.6 Å². The molecule has 152 valence electrons. The summed E-state index contributed by atoms with van der Waals surface area (Å²) in [5.74, 6) is 0.365. The van der Waals surface area contributed by atoms with Crippen LogP contribution in [0.3, 0.4) is 0 Å². The van der Waals surface area contributed by atoms with Crippen LogP contribution in [0.1, 0.15) is 31.2 Å². The first-order valence-corrected chi connectivity index (χ1v) is 11.9. The van der Waals surface area contributed by atoms with Crippen LogP contribution in [-0.4, -0.2) is 44.2 Å². The Kier molecular flexibility index (Phi) is 6.17. The number of thiazole rings is 1. The van der Waals surface area contributed by atoms with E-state index in [-0.39, 0.29) is 17.2 Å². The summed E-state index contributed by atoms with van der Waals surface area (Å²) in [5.41, 5.74) is 2.34. The number of carbonyl (C=O) groups is 1. The minimum absolute atomic E-state index is 0.0975. The fourth-order valence-electron chi connectivity index (χ4n) is 3.42. The molecule has 9 heteroatoms. The van der Waals surface area contributed by atoms with Crippen LogP contribution >= 0.6 is 35.3 Å². The number of fused-ring (bicyclic) bond motifs is 1. The fourth-order valence-corrected chi connectivity index (χ4v) is 5.45. The number of hydrogen-bond acceptors (Lipinski definition) is 6. The van der Waals surface area contributed by atoms with Crippen molar-refractivity contribution in [3.63, 3.8) is 0 Å². The lowest BCUT2D eigenvalue weighted by Gasteiger charge is -2.19. The Morgan fingerprint density at radius 1 is 1.21 bits per heavy atom. The zero-order valence-electron chi connectivity index (χ0n) is 16.1. The van der Waals surface area contributed by atoms with Gasteiger partial charge in [-0.2, -0.15) is 0 Å². The van der Waals surface area contributed by atoms with Gasteiger partial charge in [-0.3, -0.25) is 14.2 Å². The maximum absolute atomic E-state index is 12.6. The number of aromatic nitrogens is 3. The molecular weight excluding hydrogens is 424 g/mol. The lowest BCUT2D eigenvalue weighted by Crippen LogP contribution is -2.33. The summed E-state index contributed by atoms with van der Waals surface area (Å²) < 4.78 is 2.90. The molecule has 3 aromatic rings. The maximum atomic E-state index is 12.6. The molecule has 6 nitrogen and oxygen atoms in total. The van der Waals surface area contributed by atoms with Gasteiger partial charge in [0.1, 0.15) is 4.70 Å². The van der Waals surface area contributed by atoms with Gasteiger partial charge in [-0.25, -0.2) is 4.98 Å². The molecule has 1 aliphatic rings. The van der Waals surface area contributed by atoms with E-state index in [0.29, 0.717) is 19.5 Å². The van der Waals surface area contributed by atoms with Gasteiger partial charge in [0.05, 0.1) is 5.75 Å². The predicted molar refractivity (Wildman–Crippen MR) is 121 cm³/mol. The first-order valence-electron chi connectivity index (χ1n) is 9.66. The summed E-state index contributed by atoms with van der Waals surface area (Å²) in [4.78, 5) is 34.5. The Morgan fingerprint density at radius 2 is 1.90 bits per heavy atom. The van der Waals surface area contributed by atoms with Crippen LogP contribution < -0.4 is 5.56 Å². The Bertz CT molecular complexity index is 1140. The van der Waals surface area contributed by atoms with Crippen molar-refractivity contribution in [2.45, 2.75) is 37.8 Å². The summed E-state index contributed by atoms with van der Waals surface area (Å²) >= 11 is 8.02. The van der Waals surface area contributed by atoms with Crippen molar-refractivity contribution >= 4 is 51.6 Å². The number of aromatic amines is 1. The van der Waals surface area contributed by atoms with E-state index in [9.17, 15) is 9.59 Å². The number of hydrogen-bond donors (Lipinski definition) is 1. The van der Waals surface area contributed by atoms with E-state index in [0.717, 1.165) is 37.2 Å². The van der Waals surface area contributed by atoms with Crippen LogP contribution in [0.15, 0.2) is 34.2 Å². The molecule has 2 aromatic heterocycles. The third kappa shape index (κ3) is 4.46. The molecule has 0 unspecified atom stereocenters. The third-order valence-corrected chi connectivity index (χ3v) is 7.22. The van der Waals surface area contributed by atoms with Crippen LogP contribution in [-0.2, 0) is 4.79 Å². The first kappa shape index (κ1) is 20.3. The summed E-state index contributed by atoms with van der Waals surface area (Å²) in [6, 6.07) is 7.94. The number of amides is 1. The third-order valence-electron chi connectivity index (χ3n) is 5.00. The fraction of sp³-hybridized carbons (Fsp3) is 0.400. The normalized spacial score (nSPS) is 14.9. The van der Waals surface area contributed by atoms with Gasteiger partial charge in [0.2, 0.25) is 5.91 Å². The highest BCUT2D eigenvalue weighted by Gasteiger charge is 2.18. The van der Waals surface area contributed by atoms with Crippen LogP contribution in [0, 0.1) is 10.9 Å². The number of H-pyrrole nitrogens is 1. The SMILES string of the molecule is Cc1ccc(-n2c(=S)sc3c(=O)[nH]c(SCC(=O)N4CCCCCC4)nc32)cc1. The highest BCUT2D eigenvalue weighted by Crippen LogP contribution is 2.25. The number of rotatable bonds is 4. The van der Waals surface area contributed by atoms with E-state index >= 15 is 0 Å². The second-order valence-corrected chi connectivity index (χ2v) is 9.75. The maximum Gasteiger partial charge on any atom is 0.271 e. The minimum atomic E-state index is -0.221. The topological polar surface area (TPSA) is 71.0 Å². The van der Waals surface area contributed by atoms with Crippen molar-refractivity contribution in [1.29, 1.82) is 0 Å². The van der Waals surface area contributed by atoms with E-state index in [1.165, 1.54) is 35.9 Å². The van der Waals surface area contributed by atoms with Crippen molar-refractivity contribution in [2.24, 2.45) is 0 Å². The highest BCUT2D eigenvalue weighted by molar-refractivity contribution is 7.99. The smallest absolute Gasteiger partial charge is 0.271 e. The summed E-state index contributed by atoms with van der Waals surface area (Å²) in [5, 5.41) is 0.444. The molecule has 3 heterocycles. The quantitative estimate of drug-likeness (QED) is 0.367. The van der Waals surface area contributed by atoms with Gasteiger partial charge in [0.25, 0.3) is 5.56 Å². The van der Waals surface area contributed by atoms with E-state index in [4.69, 9.17) is 12.2 Å². The predicted octanol–water partition coefficient (Wildman–Crippen LogP) is 4.31. The molecule has 1 aliphatic heterocycles. The van der Waals surface area contributed by atoms with Gasteiger partial charge in [-0.15, -0.1) is 0 Å². The van der Waals surface area contributed by atoms with E-state index in [2.05, 4.69) is 9.97 Å². The number of nitrogens with one attached hydrogen (secondary N) is 1. The Hall–Kier alpha value is -1.97. The van der Waals surface area contributed by atoms with Crippen molar-refractivity contribution in [3.8, 4) is 5.69 Å². The number of aryl methyl sites for hydroxylation is 1. The van der Waals surface area contributed by atoms with Crippen LogP contribution in [0.2, 0.25) is 0 Å². The lowest BCUT2D eigenvalue weighted by molar-refractivity contribution is -0.128. The standard InChI is InChI=1S/C20H22N4O2S3/c1-13-6-8-14(9-7-13)24-17-16(29-20(24)27)18(26)22-19(21-17)28-12-15(25)23-10-4-2-3-5-11-23/h6-9H,2-5,10-12H2,1H3,(H,21,22,26). The highest BCUT2D eigenvalue weighted by atomic mass is 32.2. The summed E-state index contributed by atoms with van der Waals surface area (Å²) in [6.07, 6.45) is 4.49. The number of likely N-dealkylation sites (tertiary alicyclic amines) is 1. The van der Waals surface area contributed by atoms with Crippen LogP contribution in [0.5, 0.6) is 0 Å². The van der Waals surface area contributed by atoms with Crippen molar-refractivity contribution in [3.05, 3.63) is 44.1 Å². The van der Waals surface area contributed by atoms with Gasteiger partial charge in [-0.05, 0) is 44.1 Å². The molecule has 0 radical (unpaired) electrons. The molecule has 0 bridgehead atoms. The van der Waals surface area contributed by atoms with E-state index in [1.807, 2.05) is 40.7 Å². The molecular formula is C20H22N4O2S3. The molecule has 4 rings (SSSR count). The molecule has 0 saturated carbocycles. The number of carbonyl (C=O) groups excluding carboxylic acids is 1. The lowest BCUT2D eigenvalue weighted by atomic mass is 10.2. The van der Waals surface area contributed by atoms with Crippen molar-refractivity contribution < 1.29 is 4.79 Å². The molecule has 29 heavy (non-hydrogen) atoms. The van der Waals surface area contributed by atoms with Gasteiger partial charge in [0, 0.05) is 18.8 Å². The average Bonchev–Trinajstić information content (AvgIpc) is 2.88. The molecule has 1 amide bonds. The van der Waals surface area contributed by atoms with Gasteiger partial charge < -0.3 is 9.88 Å². The molecule has 0 spiro atoms. The molecule has 0 aliphatic carbocycles. The number of nitrogens with zero attached hydrogens (tertiary/aromatic N) is 3. The van der Waals surface area contributed by atoms with Gasteiger partial charge >= 0.3 is 0 Å². The minimum Gasteiger partial charge on any atom is -0.342 e. The monoisotopic (exact) mass is 446 g/mol. The number of thioether (sulfide) groups is 1. The molecule has 0 atom stereocenters. The van der Waals surface area contributed by atoms with Crippen molar-refractivity contribution in [1.82, 2.24) is 19.4 Å². The molecule has 1 N–H and O–H groups in total. The van der Waals surface area contributed by atoms with E-state index < -0.39 is 0 Å². The molecule has 1 aromatic carbocycles. The van der Waals surface area contributed by atoms with E-state index in [1.54, 1.807) is 0 Å². The Balaban J connectivity index is 1.61. The summed E-state index contributed by atoms with van der Waals surface area (Å²) in [6.45, 7) is 3.66.